The third kappa shape index (κ3) is 1.78. The molecule has 0 aromatic heterocycles. The summed E-state index contributed by atoms with van der Waals surface area (Å²) in [6.07, 6.45) is 0.652. The molecule has 0 fully saturated rings. The van der Waals surface area contributed by atoms with Gasteiger partial charge in [-0.25, -0.2) is 4.39 Å². The Morgan fingerprint density at radius 2 is 1.83 bits per heavy atom. The fourth-order valence-electron chi connectivity index (χ4n) is 0.677. The van der Waals surface area contributed by atoms with Crippen molar-refractivity contribution in [2.45, 2.75) is 0 Å². The molecule has 0 amide bonds. The molecule has 0 bridgehead atoms. The summed E-state index contributed by atoms with van der Waals surface area (Å²) in [5, 5.41) is 0. The van der Waals surface area contributed by atoms with Gasteiger partial charge in [-0.15, -0.1) is 0 Å². The summed E-state index contributed by atoms with van der Waals surface area (Å²) in [4.78, 5) is 10.4. The quantitative estimate of drug-likeness (QED) is 0.421. The molecule has 64 valence electrons. The van der Waals surface area contributed by atoms with E-state index in [1.165, 1.54) is 6.07 Å². The molecule has 1 nitrogen and oxygen atoms in total. The van der Waals surface area contributed by atoms with Gasteiger partial charge in [-0.2, -0.15) is 0 Å². The van der Waals surface area contributed by atoms with Gasteiger partial charge in [0.05, 0.1) is 8.95 Å². The number of benzene rings is 1. The summed E-state index contributed by atoms with van der Waals surface area (Å²) < 4.78 is 14.0. The van der Waals surface area contributed by atoms with Crippen molar-refractivity contribution < 1.29 is 9.18 Å². The minimum Gasteiger partial charge on any atom is -0.298 e. The molecule has 1 aromatic rings. The molecular formula is C7H2Br3FO. The van der Waals surface area contributed by atoms with Crippen molar-refractivity contribution in [2.75, 3.05) is 0 Å². The van der Waals surface area contributed by atoms with Crippen molar-refractivity contribution in [3.8, 4) is 0 Å². The Labute approximate surface area is 93.7 Å². The molecule has 0 aliphatic carbocycles. The number of hydrogen-bond acceptors (Lipinski definition) is 1. The minimum atomic E-state index is -0.424. The maximum atomic E-state index is 13.1. The van der Waals surface area contributed by atoms with Gasteiger partial charge in [0.1, 0.15) is 0 Å². The molecule has 1 rings (SSSR count). The molecule has 5 heteroatoms. The topological polar surface area (TPSA) is 17.1 Å². The van der Waals surface area contributed by atoms with E-state index >= 15 is 0 Å². The van der Waals surface area contributed by atoms with Crippen molar-refractivity contribution in [1.82, 2.24) is 0 Å². The SMILES string of the molecule is O=Cc1cc(Br)c(F)c(Br)c1Br. The molecule has 0 N–H and O–H groups in total. The van der Waals surface area contributed by atoms with Crippen molar-refractivity contribution >= 4 is 54.1 Å². The zero-order valence-corrected chi connectivity index (χ0v) is 10.3. The van der Waals surface area contributed by atoms with Gasteiger partial charge in [-0.1, -0.05) is 0 Å². The standard InChI is InChI=1S/C7H2Br3FO/c8-4-1-3(2-12)5(9)6(10)7(4)11/h1-2H. The number of carbonyl (C=O) groups is 1. The molecule has 0 atom stereocenters. The van der Waals surface area contributed by atoms with Crippen LogP contribution in [0.1, 0.15) is 10.4 Å². The molecular weight excluding hydrogens is 359 g/mol. The van der Waals surface area contributed by atoms with E-state index in [0.29, 0.717) is 16.3 Å². The number of carbonyl (C=O) groups excluding carboxylic acids is 1. The van der Waals surface area contributed by atoms with E-state index in [4.69, 9.17) is 0 Å². The molecule has 0 radical (unpaired) electrons. The van der Waals surface area contributed by atoms with E-state index in [1.54, 1.807) is 0 Å². The van der Waals surface area contributed by atoms with E-state index in [2.05, 4.69) is 47.8 Å². The molecule has 0 spiro atoms. The van der Waals surface area contributed by atoms with Crippen LogP contribution in [0.15, 0.2) is 19.5 Å². The van der Waals surface area contributed by atoms with Gasteiger partial charge in [-0.05, 0) is 53.9 Å². The van der Waals surface area contributed by atoms with Gasteiger partial charge in [0.2, 0.25) is 0 Å². The van der Waals surface area contributed by atoms with Crippen LogP contribution in [0, 0.1) is 5.82 Å². The Morgan fingerprint density at radius 1 is 1.25 bits per heavy atom. The Hall–Kier alpha value is 0.260. The minimum absolute atomic E-state index is 0.249. The van der Waals surface area contributed by atoms with E-state index in [1.807, 2.05) is 0 Å². The van der Waals surface area contributed by atoms with Crippen LogP contribution in [-0.4, -0.2) is 6.29 Å². The Kier molecular flexibility index (Phi) is 3.43. The zero-order valence-electron chi connectivity index (χ0n) is 5.57. The van der Waals surface area contributed by atoms with Crippen LogP contribution in [-0.2, 0) is 0 Å². The molecule has 0 aliphatic heterocycles. The first kappa shape index (κ1) is 10.3. The summed E-state index contributed by atoms with van der Waals surface area (Å²) in [6, 6.07) is 1.41. The highest BCUT2D eigenvalue weighted by atomic mass is 79.9. The Bertz CT molecular complexity index is 338. The first-order valence-electron chi connectivity index (χ1n) is 2.86. The lowest BCUT2D eigenvalue weighted by atomic mass is 10.2. The molecule has 0 unspecified atom stereocenters. The summed E-state index contributed by atoms with van der Waals surface area (Å²) in [5.74, 6) is -0.424. The summed E-state index contributed by atoms with van der Waals surface area (Å²) in [6.45, 7) is 0. The van der Waals surface area contributed by atoms with Gasteiger partial charge in [0, 0.05) is 10.0 Å². The van der Waals surface area contributed by atoms with Crippen LogP contribution < -0.4 is 0 Å². The predicted octanol–water partition coefficient (Wildman–Crippen LogP) is 3.93. The Morgan fingerprint density at radius 3 is 2.33 bits per heavy atom. The average molecular weight is 361 g/mol. The Balaban J connectivity index is 3.49. The van der Waals surface area contributed by atoms with Crippen LogP contribution in [0.2, 0.25) is 0 Å². The van der Waals surface area contributed by atoms with E-state index in [9.17, 15) is 9.18 Å². The van der Waals surface area contributed by atoms with E-state index in [0.717, 1.165) is 0 Å². The maximum Gasteiger partial charge on any atom is 0.152 e. The van der Waals surface area contributed by atoms with Gasteiger partial charge in [0.15, 0.2) is 12.1 Å². The lowest BCUT2D eigenvalue weighted by molar-refractivity contribution is 0.112. The molecule has 0 aliphatic rings. The highest BCUT2D eigenvalue weighted by Gasteiger charge is 2.12. The first-order valence-corrected chi connectivity index (χ1v) is 5.24. The molecule has 0 saturated heterocycles. The fourth-order valence-corrected chi connectivity index (χ4v) is 2.21. The zero-order chi connectivity index (χ0) is 9.30. The monoisotopic (exact) mass is 358 g/mol. The summed E-state index contributed by atoms with van der Waals surface area (Å²) in [7, 11) is 0. The smallest absolute Gasteiger partial charge is 0.152 e. The van der Waals surface area contributed by atoms with Crippen LogP contribution >= 0.6 is 47.8 Å². The normalized spacial score (nSPS) is 10.0. The molecule has 0 heterocycles. The summed E-state index contributed by atoms with van der Waals surface area (Å²) >= 11 is 9.08. The van der Waals surface area contributed by atoms with Crippen LogP contribution in [0.4, 0.5) is 4.39 Å². The van der Waals surface area contributed by atoms with Crippen molar-refractivity contribution in [3.63, 3.8) is 0 Å². The van der Waals surface area contributed by atoms with E-state index < -0.39 is 5.82 Å². The third-order valence-corrected chi connectivity index (χ3v) is 3.97. The lowest BCUT2D eigenvalue weighted by Crippen LogP contribution is -1.89. The van der Waals surface area contributed by atoms with Crippen LogP contribution in [0.25, 0.3) is 0 Å². The highest BCUT2D eigenvalue weighted by molar-refractivity contribution is 9.13. The van der Waals surface area contributed by atoms with Crippen molar-refractivity contribution in [3.05, 3.63) is 30.9 Å². The van der Waals surface area contributed by atoms with Gasteiger partial charge in [0.25, 0.3) is 0 Å². The van der Waals surface area contributed by atoms with Gasteiger partial charge in [-0.3, -0.25) is 4.79 Å². The number of hydrogen-bond donors (Lipinski definition) is 0. The third-order valence-electron chi connectivity index (χ3n) is 1.26. The highest BCUT2D eigenvalue weighted by Crippen LogP contribution is 2.33. The fraction of sp³-hybridized carbons (Fsp3) is 0. The second kappa shape index (κ2) is 3.98. The molecule has 0 saturated carbocycles. The number of rotatable bonds is 1. The maximum absolute atomic E-state index is 13.1. The molecule has 12 heavy (non-hydrogen) atoms. The first-order chi connectivity index (χ1) is 5.57. The van der Waals surface area contributed by atoms with Crippen LogP contribution in [0.5, 0.6) is 0 Å². The number of aldehydes is 1. The average Bonchev–Trinajstić information content (AvgIpc) is 2.08. The van der Waals surface area contributed by atoms with E-state index in [-0.39, 0.29) is 8.95 Å². The predicted molar refractivity (Wildman–Crippen MR) is 54.9 cm³/mol. The second-order valence-corrected chi connectivity index (χ2v) is 4.45. The van der Waals surface area contributed by atoms with Crippen LogP contribution in [0.3, 0.4) is 0 Å². The summed E-state index contributed by atoms with van der Waals surface area (Å²) in [5.41, 5.74) is 0.398. The van der Waals surface area contributed by atoms with Gasteiger partial charge >= 0.3 is 0 Å². The molecule has 1 aromatic carbocycles. The second-order valence-electron chi connectivity index (χ2n) is 2.01. The van der Waals surface area contributed by atoms with Crippen molar-refractivity contribution in [2.24, 2.45) is 0 Å². The van der Waals surface area contributed by atoms with Gasteiger partial charge < -0.3 is 0 Å². The number of halogens is 4. The van der Waals surface area contributed by atoms with Crippen molar-refractivity contribution in [1.29, 1.82) is 0 Å². The lowest BCUT2D eigenvalue weighted by Gasteiger charge is -2.02. The largest absolute Gasteiger partial charge is 0.298 e.